The Kier molecular flexibility index (Phi) is 3.84. The molecule has 0 amide bonds. The molecule has 0 aliphatic rings. The van der Waals surface area contributed by atoms with E-state index >= 15 is 0 Å². The smallest absolute Gasteiger partial charge is 0.214 e. The molecule has 0 bridgehead atoms. The molecule has 4 rings (SSSR count). The van der Waals surface area contributed by atoms with Crippen molar-refractivity contribution in [1.82, 2.24) is 0 Å². The lowest BCUT2D eigenvalue weighted by atomic mass is 10.0. The SMILES string of the molecule is COc1ccc(C#Cc2c3ccccc3[n+](C)c3ccccc23)cc1. The minimum absolute atomic E-state index is 0.841. The fourth-order valence-corrected chi connectivity index (χ4v) is 3.17. The zero-order valence-corrected chi connectivity index (χ0v) is 14.3. The van der Waals surface area contributed by atoms with Crippen molar-refractivity contribution >= 4 is 21.8 Å². The van der Waals surface area contributed by atoms with Gasteiger partial charge in [0.05, 0.1) is 23.4 Å². The van der Waals surface area contributed by atoms with Crippen LogP contribution in [0.3, 0.4) is 0 Å². The number of ether oxygens (including phenoxy) is 1. The molecule has 2 heteroatoms. The van der Waals surface area contributed by atoms with Gasteiger partial charge in [-0.25, -0.2) is 0 Å². The summed E-state index contributed by atoms with van der Waals surface area (Å²) in [5.41, 5.74) is 4.41. The number of nitrogens with zero attached hydrogens (tertiary/aromatic N) is 1. The monoisotopic (exact) mass is 324 g/mol. The predicted molar refractivity (Wildman–Crippen MR) is 102 cm³/mol. The number of methoxy groups -OCH3 is 1. The number of aryl methyl sites for hydroxylation is 1. The van der Waals surface area contributed by atoms with Gasteiger partial charge in [0, 0.05) is 17.7 Å². The van der Waals surface area contributed by atoms with Gasteiger partial charge in [-0.05, 0) is 36.4 Å². The van der Waals surface area contributed by atoms with Crippen LogP contribution in [0.4, 0.5) is 0 Å². The molecule has 2 nitrogen and oxygen atoms in total. The summed E-state index contributed by atoms with van der Waals surface area (Å²) in [5, 5.41) is 2.34. The topological polar surface area (TPSA) is 13.1 Å². The number of fused-ring (bicyclic) bond motifs is 2. The van der Waals surface area contributed by atoms with Crippen LogP contribution in [0.1, 0.15) is 11.1 Å². The zero-order chi connectivity index (χ0) is 17.2. The molecule has 0 saturated carbocycles. The van der Waals surface area contributed by atoms with E-state index in [0.29, 0.717) is 0 Å². The minimum Gasteiger partial charge on any atom is -0.497 e. The summed E-state index contributed by atoms with van der Waals surface area (Å²) in [6, 6.07) is 24.7. The summed E-state index contributed by atoms with van der Waals surface area (Å²) in [6.45, 7) is 0. The molecule has 1 heterocycles. The van der Waals surface area contributed by atoms with Crippen molar-refractivity contribution in [2.75, 3.05) is 7.11 Å². The van der Waals surface area contributed by atoms with Crippen LogP contribution < -0.4 is 9.30 Å². The van der Waals surface area contributed by atoms with Crippen LogP contribution in [0.15, 0.2) is 72.8 Å². The van der Waals surface area contributed by atoms with Gasteiger partial charge in [0.25, 0.3) is 0 Å². The molecule has 4 aromatic rings. The van der Waals surface area contributed by atoms with E-state index in [-0.39, 0.29) is 0 Å². The number of hydrogen-bond donors (Lipinski definition) is 0. The predicted octanol–water partition coefficient (Wildman–Crippen LogP) is 4.23. The van der Waals surface area contributed by atoms with E-state index in [2.05, 4.69) is 72.0 Å². The molecule has 0 spiro atoms. The number of pyridine rings is 1. The largest absolute Gasteiger partial charge is 0.497 e. The van der Waals surface area contributed by atoms with E-state index in [1.54, 1.807) is 7.11 Å². The van der Waals surface area contributed by atoms with E-state index in [0.717, 1.165) is 16.9 Å². The molecule has 3 aromatic carbocycles. The number of rotatable bonds is 1. The number of para-hydroxylation sites is 2. The Labute approximate surface area is 147 Å². The molecule has 1 aromatic heterocycles. The third-order valence-corrected chi connectivity index (χ3v) is 4.49. The van der Waals surface area contributed by atoms with Crippen LogP contribution in [-0.4, -0.2) is 7.11 Å². The van der Waals surface area contributed by atoms with Crippen molar-refractivity contribution in [3.05, 3.63) is 83.9 Å². The summed E-state index contributed by atoms with van der Waals surface area (Å²) < 4.78 is 7.43. The Balaban J connectivity index is 1.96. The van der Waals surface area contributed by atoms with Crippen molar-refractivity contribution < 1.29 is 9.30 Å². The number of aromatic nitrogens is 1. The molecule has 0 aliphatic heterocycles. The quantitative estimate of drug-likeness (QED) is 0.290. The van der Waals surface area contributed by atoms with E-state index in [1.165, 1.54) is 21.8 Å². The second-order valence-corrected chi connectivity index (χ2v) is 5.95. The van der Waals surface area contributed by atoms with Crippen LogP contribution in [0.5, 0.6) is 5.75 Å². The van der Waals surface area contributed by atoms with Crippen LogP contribution in [0.2, 0.25) is 0 Å². The van der Waals surface area contributed by atoms with Gasteiger partial charge in [-0.1, -0.05) is 36.1 Å². The van der Waals surface area contributed by atoms with E-state index < -0.39 is 0 Å². The normalized spacial score (nSPS) is 10.5. The minimum atomic E-state index is 0.841. The molecule has 0 radical (unpaired) electrons. The molecule has 0 aliphatic carbocycles. The third-order valence-electron chi connectivity index (χ3n) is 4.49. The van der Waals surface area contributed by atoms with Gasteiger partial charge in [0.2, 0.25) is 11.0 Å². The second kappa shape index (κ2) is 6.30. The first kappa shape index (κ1) is 15.2. The summed E-state index contributed by atoms with van der Waals surface area (Å²) in [6.07, 6.45) is 0. The molecular weight excluding hydrogens is 306 g/mol. The summed E-state index contributed by atoms with van der Waals surface area (Å²) >= 11 is 0. The van der Waals surface area contributed by atoms with Crippen LogP contribution in [0.25, 0.3) is 21.8 Å². The van der Waals surface area contributed by atoms with Crippen molar-refractivity contribution in [2.24, 2.45) is 7.05 Å². The molecule has 0 unspecified atom stereocenters. The molecule has 0 atom stereocenters. The molecular formula is C23H18NO+. The first-order valence-corrected chi connectivity index (χ1v) is 8.23. The van der Waals surface area contributed by atoms with Gasteiger partial charge >= 0.3 is 0 Å². The first-order chi connectivity index (χ1) is 12.3. The second-order valence-electron chi connectivity index (χ2n) is 5.95. The van der Waals surface area contributed by atoms with Crippen molar-refractivity contribution in [3.8, 4) is 17.6 Å². The first-order valence-electron chi connectivity index (χ1n) is 8.23. The molecule has 120 valence electrons. The molecule has 0 fully saturated rings. The fourth-order valence-electron chi connectivity index (χ4n) is 3.17. The van der Waals surface area contributed by atoms with Crippen LogP contribution >= 0.6 is 0 Å². The van der Waals surface area contributed by atoms with Gasteiger partial charge in [-0.15, -0.1) is 0 Å². The highest BCUT2D eigenvalue weighted by atomic mass is 16.5. The van der Waals surface area contributed by atoms with Crippen LogP contribution in [0, 0.1) is 11.8 Å². The van der Waals surface area contributed by atoms with Crippen molar-refractivity contribution in [3.63, 3.8) is 0 Å². The molecule has 0 saturated heterocycles. The highest BCUT2D eigenvalue weighted by Gasteiger charge is 2.15. The van der Waals surface area contributed by atoms with Crippen molar-refractivity contribution in [2.45, 2.75) is 0 Å². The lowest BCUT2D eigenvalue weighted by molar-refractivity contribution is -0.617. The zero-order valence-electron chi connectivity index (χ0n) is 14.3. The Morgan fingerprint density at radius 1 is 0.720 bits per heavy atom. The van der Waals surface area contributed by atoms with E-state index in [1.807, 2.05) is 24.3 Å². The van der Waals surface area contributed by atoms with Gasteiger partial charge in [0.15, 0.2) is 0 Å². The highest BCUT2D eigenvalue weighted by molar-refractivity contribution is 5.97. The summed E-state index contributed by atoms with van der Waals surface area (Å²) in [7, 11) is 3.77. The highest BCUT2D eigenvalue weighted by Crippen LogP contribution is 2.23. The lowest BCUT2D eigenvalue weighted by Crippen LogP contribution is -2.30. The maximum Gasteiger partial charge on any atom is 0.214 e. The maximum absolute atomic E-state index is 5.21. The maximum atomic E-state index is 5.21. The summed E-state index contributed by atoms with van der Waals surface area (Å²) in [4.78, 5) is 0. The Morgan fingerprint density at radius 2 is 1.28 bits per heavy atom. The average molecular weight is 324 g/mol. The Morgan fingerprint density at radius 3 is 1.84 bits per heavy atom. The molecule has 0 N–H and O–H groups in total. The van der Waals surface area contributed by atoms with E-state index in [9.17, 15) is 0 Å². The van der Waals surface area contributed by atoms with Crippen molar-refractivity contribution in [1.29, 1.82) is 0 Å². The standard InChI is InChI=1S/C23H18NO/c1-24-22-9-5-3-7-20(22)19(21-8-4-6-10-23(21)24)16-13-17-11-14-18(25-2)15-12-17/h3-12,14-15H,1-2H3/q+1. The number of hydrogen-bond acceptors (Lipinski definition) is 1. The van der Waals surface area contributed by atoms with E-state index in [4.69, 9.17) is 4.74 Å². The van der Waals surface area contributed by atoms with Gasteiger partial charge < -0.3 is 4.74 Å². The fraction of sp³-hybridized carbons (Fsp3) is 0.0870. The Hall–Kier alpha value is -3.31. The number of benzene rings is 3. The van der Waals surface area contributed by atoms with Gasteiger partial charge in [-0.3, -0.25) is 0 Å². The third kappa shape index (κ3) is 2.70. The van der Waals surface area contributed by atoms with Gasteiger partial charge in [-0.2, -0.15) is 4.57 Å². The lowest BCUT2D eigenvalue weighted by Gasteiger charge is -2.05. The van der Waals surface area contributed by atoms with Crippen LogP contribution in [-0.2, 0) is 7.05 Å². The van der Waals surface area contributed by atoms with Gasteiger partial charge in [0.1, 0.15) is 12.8 Å². The summed E-state index contributed by atoms with van der Waals surface area (Å²) in [5.74, 6) is 7.55. The Bertz CT molecular complexity index is 1070. The average Bonchev–Trinajstić information content (AvgIpc) is 2.68. The molecule has 25 heavy (non-hydrogen) atoms.